The van der Waals surface area contributed by atoms with Crippen LogP contribution >= 0.6 is 8.81 Å². The average Bonchev–Trinajstić information content (AvgIpc) is 2.14. The highest BCUT2D eigenvalue weighted by Crippen LogP contribution is 2.08. The first-order valence-electron chi connectivity index (χ1n) is 3.90. The van der Waals surface area contributed by atoms with Crippen molar-refractivity contribution in [3.63, 3.8) is 0 Å². The molecule has 0 amide bonds. The monoisotopic (exact) mass is 184 g/mol. The molecule has 1 rings (SSSR count). The van der Waals surface area contributed by atoms with Crippen molar-refractivity contribution >= 4 is 8.81 Å². The lowest BCUT2D eigenvalue weighted by Gasteiger charge is -2.04. The van der Waals surface area contributed by atoms with E-state index in [1.54, 1.807) is 0 Å². The van der Waals surface area contributed by atoms with Crippen LogP contribution in [0, 0.1) is 0 Å². The van der Waals surface area contributed by atoms with Gasteiger partial charge in [-0.15, -0.1) is 0 Å². The van der Waals surface area contributed by atoms with Gasteiger partial charge in [-0.3, -0.25) is 0 Å². The summed E-state index contributed by atoms with van der Waals surface area (Å²) in [6.45, 7) is 3.30. The van der Waals surface area contributed by atoms with Gasteiger partial charge < -0.3 is 9.26 Å². The highest BCUT2D eigenvalue weighted by atomic mass is 31.1. The van der Waals surface area contributed by atoms with Gasteiger partial charge in [0.2, 0.25) is 0 Å². The standard InChI is InChI=1S/C9H13O2P/c1-12-11-8-7-10-9-5-3-2-4-6-9/h2-6,12H,7-8H2,1H3. The van der Waals surface area contributed by atoms with E-state index in [-0.39, 0.29) is 0 Å². The lowest BCUT2D eigenvalue weighted by Crippen LogP contribution is -2.02. The quantitative estimate of drug-likeness (QED) is 0.516. The van der Waals surface area contributed by atoms with Crippen LogP contribution in [0.1, 0.15) is 0 Å². The maximum atomic E-state index is 5.39. The van der Waals surface area contributed by atoms with E-state index in [0.29, 0.717) is 22.0 Å². The molecule has 0 saturated carbocycles. The minimum absolute atomic E-state index is 0.545. The normalized spacial score (nSPS) is 10.8. The molecule has 66 valence electrons. The van der Waals surface area contributed by atoms with Gasteiger partial charge in [-0.05, 0) is 18.8 Å². The van der Waals surface area contributed by atoms with Crippen LogP contribution in [0.2, 0.25) is 0 Å². The summed E-state index contributed by atoms with van der Waals surface area (Å²) in [4.78, 5) is 0. The molecule has 0 radical (unpaired) electrons. The topological polar surface area (TPSA) is 18.5 Å². The van der Waals surface area contributed by atoms with Gasteiger partial charge in [-0.2, -0.15) is 0 Å². The molecule has 2 nitrogen and oxygen atoms in total. The highest BCUT2D eigenvalue weighted by Gasteiger charge is 1.89. The van der Waals surface area contributed by atoms with Crippen molar-refractivity contribution in [1.29, 1.82) is 0 Å². The van der Waals surface area contributed by atoms with Crippen molar-refractivity contribution in [3.8, 4) is 5.75 Å². The van der Waals surface area contributed by atoms with Gasteiger partial charge >= 0.3 is 0 Å². The molecule has 0 bridgehead atoms. The van der Waals surface area contributed by atoms with Gasteiger partial charge in [0.15, 0.2) is 0 Å². The zero-order valence-corrected chi connectivity index (χ0v) is 8.12. The Labute approximate surface area is 74.8 Å². The van der Waals surface area contributed by atoms with E-state index >= 15 is 0 Å². The molecule has 1 aromatic rings. The molecule has 0 N–H and O–H groups in total. The van der Waals surface area contributed by atoms with Crippen LogP contribution < -0.4 is 4.74 Å². The third-order valence-electron chi connectivity index (χ3n) is 1.34. The number of rotatable bonds is 5. The van der Waals surface area contributed by atoms with E-state index in [4.69, 9.17) is 9.26 Å². The summed E-state index contributed by atoms with van der Waals surface area (Å²) in [6, 6.07) is 9.76. The number of para-hydroxylation sites is 1. The van der Waals surface area contributed by atoms with Crippen molar-refractivity contribution in [1.82, 2.24) is 0 Å². The fourth-order valence-corrected chi connectivity index (χ4v) is 1.11. The highest BCUT2D eigenvalue weighted by molar-refractivity contribution is 7.31. The zero-order valence-electron chi connectivity index (χ0n) is 7.12. The van der Waals surface area contributed by atoms with Crippen molar-refractivity contribution in [2.75, 3.05) is 19.9 Å². The van der Waals surface area contributed by atoms with E-state index in [9.17, 15) is 0 Å². The molecule has 0 spiro atoms. The molecule has 0 aromatic heterocycles. The second kappa shape index (κ2) is 5.99. The van der Waals surface area contributed by atoms with Crippen LogP contribution in [0.3, 0.4) is 0 Å². The second-order valence-electron chi connectivity index (χ2n) is 2.21. The SMILES string of the molecule is CPOCCOc1ccccc1. The van der Waals surface area contributed by atoms with Crippen molar-refractivity contribution < 1.29 is 9.26 Å². The predicted molar refractivity (Wildman–Crippen MR) is 52.1 cm³/mol. The Balaban J connectivity index is 2.16. The van der Waals surface area contributed by atoms with Crippen LogP contribution in [-0.2, 0) is 4.52 Å². The summed E-state index contributed by atoms with van der Waals surface area (Å²) >= 11 is 0. The first-order valence-corrected chi connectivity index (χ1v) is 5.30. The van der Waals surface area contributed by atoms with Gasteiger partial charge in [-0.1, -0.05) is 18.2 Å². The van der Waals surface area contributed by atoms with E-state index < -0.39 is 0 Å². The minimum atomic E-state index is 0.545. The number of hydrogen-bond acceptors (Lipinski definition) is 2. The molecule has 0 aliphatic carbocycles. The van der Waals surface area contributed by atoms with Crippen LogP contribution in [0.4, 0.5) is 0 Å². The molecule has 1 atom stereocenters. The summed E-state index contributed by atoms with van der Waals surface area (Å²) < 4.78 is 10.5. The summed E-state index contributed by atoms with van der Waals surface area (Å²) in [6.07, 6.45) is 0. The maximum absolute atomic E-state index is 5.39. The molecular weight excluding hydrogens is 171 g/mol. The van der Waals surface area contributed by atoms with Crippen LogP contribution in [-0.4, -0.2) is 19.9 Å². The van der Waals surface area contributed by atoms with Gasteiger partial charge in [0.1, 0.15) is 12.4 Å². The van der Waals surface area contributed by atoms with E-state index in [2.05, 4.69) is 0 Å². The fraction of sp³-hybridized carbons (Fsp3) is 0.333. The van der Waals surface area contributed by atoms with Gasteiger partial charge in [0, 0.05) is 8.81 Å². The average molecular weight is 184 g/mol. The van der Waals surface area contributed by atoms with Crippen molar-refractivity contribution in [2.24, 2.45) is 0 Å². The molecule has 0 aliphatic heterocycles. The molecular formula is C9H13O2P. The summed E-state index contributed by atoms with van der Waals surface area (Å²) in [5.74, 6) is 0.903. The Morgan fingerprint density at radius 2 is 1.92 bits per heavy atom. The molecule has 3 heteroatoms. The van der Waals surface area contributed by atoms with Crippen LogP contribution in [0.5, 0.6) is 5.75 Å². The molecule has 1 aromatic carbocycles. The van der Waals surface area contributed by atoms with Crippen LogP contribution in [0.15, 0.2) is 30.3 Å². The Morgan fingerprint density at radius 1 is 1.17 bits per heavy atom. The number of hydrogen-bond donors (Lipinski definition) is 0. The maximum Gasteiger partial charge on any atom is 0.119 e. The van der Waals surface area contributed by atoms with Gasteiger partial charge in [0.05, 0.1) is 6.61 Å². The van der Waals surface area contributed by atoms with Crippen LogP contribution in [0.25, 0.3) is 0 Å². The largest absolute Gasteiger partial charge is 0.491 e. The Kier molecular flexibility index (Phi) is 4.74. The smallest absolute Gasteiger partial charge is 0.119 e. The third-order valence-corrected chi connectivity index (χ3v) is 1.83. The Bertz CT molecular complexity index is 201. The summed E-state index contributed by atoms with van der Waals surface area (Å²) in [7, 11) is 0.545. The zero-order chi connectivity index (χ0) is 8.65. The molecule has 0 saturated heterocycles. The summed E-state index contributed by atoms with van der Waals surface area (Å²) in [5, 5.41) is 0. The van der Waals surface area contributed by atoms with Gasteiger partial charge in [-0.25, -0.2) is 0 Å². The lowest BCUT2D eigenvalue weighted by molar-refractivity contribution is 0.235. The first-order chi connectivity index (χ1) is 5.93. The van der Waals surface area contributed by atoms with Gasteiger partial charge in [0.25, 0.3) is 0 Å². The molecule has 0 fully saturated rings. The minimum Gasteiger partial charge on any atom is -0.491 e. The van der Waals surface area contributed by atoms with E-state index in [1.165, 1.54) is 0 Å². The second-order valence-corrected chi connectivity index (χ2v) is 2.91. The van der Waals surface area contributed by atoms with E-state index in [1.807, 2.05) is 37.0 Å². The van der Waals surface area contributed by atoms with E-state index in [0.717, 1.165) is 5.75 Å². The Hall–Kier alpha value is -0.590. The first kappa shape index (κ1) is 9.50. The molecule has 1 unspecified atom stereocenters. The fourth-order valence-electron chi connectivity index (χ4n) is 0.820. The molecule has 0 aliphatic rings. The predicted octanol–water partition coefficient (Wildman–Crippen LogP) is 2.31. The number of benzene rings is 1. The Morgan fingerprint density at radius 3 is 2.58 bits per heavy atom. The molecule has 12 heavy (non-hydrogen) atoms. The van der Waals surface area contributed by atoms with Crippen molar-refractivity contribution in [3.05, 3.63) is 30.3 Å². The lowest BCUT2D eigenvalue weighted by atomic mass is 10.3. The number of ether oxygens (including phenoxy) is 1. The molecule has 0 heterocycles. The third kappa shape index (κ3) is 3.70. The summed E-state index contributed by atoms with van der Waals surface area (Å²) in [5.41, 5.74) is 0. The van der Waals surface area contributed by atoms with Crippen molar-refractivity contribution in [2.45, 2.75) is 0 Å².